The molecule has 5 nitrogen and oxygen atoms in total. The summed E-state index contributed by atoms with van der Waals surface area (Å²) < 4.78 is 0.907. The second-order valence-corrected chi connectivity index (χ2v) is 3.69. The first-order chi connectivity index (χ1) is 7.58. The first-order valence-electron chi connectivity index (χ1n) is 4.30. The van der Waals surface area contributed by atoms with E-state index < -0.39 is 12.0 Å². The number of hydrogen-bond acceptors (Lipinski definition) is 2. The van der Waals surface area contributed by atoms with Crippen molar-refractivity contribution in [2.75, 3.05) is 5.32 Å². The molecule has 0 heterocycles. The Bertz CT molecular complexity index is 415. The molecule has 1 aromatic carbocycles. The molecule has 0 aliphatic rings. The van der Waals surface area contributed by atoms with Crippen molar-refractivity contribution in [3.63, 3.8) is 0 Å². The number of anilines is 1. The van der Waals surface area contributed by atoms with Crippen LogP contribution in [0.25, 0.3) is 0 Å². The Kier molecular flexibility index (Phi) is 4.53. The molecule has 0 saturated carbocycles. The van der Waals surface area contributed by atoms with E-state index in [0.717, 1.165) is 16.7 Å². The Labute approximate surface area is 100 Å². The molecule has 0 aromatic heterocycles. The summed E-state index contributed by atoms with van der Waals surface area (Å²) in [7, 11) is 0. The third kappa shape index (κ3) is 4.61. The molecule has 1 aromatic rings. The van der Waals surface area contributed by atoms with Gasteiger partial charge in [-0.3, -0.25) is 0 Å². The molecule has 6 heteroatoms. The molecular weight excluding hydrogens is 276 g/mol. The van der Waals surface area contributed by atoms with E-state index in [0.29, 0.717) is 5.69 Å². The number of nitrogens with one attached hydrogen (secondary N) is 2. The summed E-state index contributed by atoms with van der Waals surface area (Å²) in [6.07, 6.45) is 1.89. The van der Waals surface area contributed by atoms with Gasteiger partial charge >= 0.3 is 12.0 Å². The van der Waals surface area contributed by atoms with Crippen LogP contribution in [-0.2, 0) is 4.79 Å². The minimum Gasteiger partial charge on any atom is -0.478 e. The topological polar surface area (TPSA) is 78.4 Å². The molecule has 16 heavy (non-hydrogen) atoms. The molecular formula is C10H9BrN2O3. The Morgan fingerprint density at radius 3 is 2.44 bits per heavy atom. The number of hydrogen-bond donors (Lipinski definition) is 3. The van der Waals surface area contributed by atoms with Crippen molar-refractivity contribution in [2.45, 2.75) is 0 Å². The van der Waals surface area contributed by atoms with Gasteiger partial charge in [-0.1, -0.05) is 15.9 Å². The van der Waals surface area contributed by atoms with Gasteiger partial charge in [-0.15, -0.1) is 0 Å². The first-order valence-corrected chi connectivity index (χ1v) is 5.10. The SMILES string of the molecule is O=C(O)/C=C/NC(=O)Nc1ccc(Br)cc1. The highest BCUT2D eigenvalue weighted by molar-refractivity contribution is 9.10. The van der Waals surface area contributed by atoms with Gasteiger partial charge in [-0.2, -0.15) is 0 Å². The monoisotopic (exact) mass is 284 g/mol. The summed E-state index contributed by atoms with van der Waals surface area (Å²) in [5.74, 6) is -1.12. The Hall–Kier alpha value is -1.82. The third-order valence-corrected chi connectivity index (χ3v) is 2.07. The number of carbonyl (C=O) groups excluding carboxylic acids is 1. The van der Waals surface area contributed by atoms with Crippen LogP contribution in [0.15, 0.2) is 41.0 Å². The fraction of sp³-hybridized carbons (Fsp3) is 0. The Morgan fingerprint density at radius 2 is 1.88 bits per heavy atom. The number of amides is 2. The van der Waals surface area contributed by atoms with E-state index in [1.165, 1.54) is 0 Å². The van der Waals surface area contributed by atoms with Gasteiger partial charge in [-0.25, -0.2) is 9.59 Å². The number of carboxylic acids is 1. The molecule has 0 saturated heterocycles. The van der Waals surface area contributed by atoms with E-state index >= 15 is 0 Å². The predicted molar refractivity (Wildman–Crippen MR) is 63.1 cm³/mol. The molecule has 0 spiro atoms. The highest BCUT2D eigenvalue weighted by Crippen LogP contribution is 2.13. The van der Waals surface area contributed by atoms with Crippen LogP contribution in [0.2, 0.25) is 0 Å². The number of rotatable bonds is 3. The largest absolute Gasteiger partial charge is 0.478 e. The zero-order valence-corrected chi connectivity index (χ0v) is 9.69. The van der Waals surface area contributed by atoms with E-state index in [2.05, 4.69) is 26.6 Å². The minimum atomic E-state index is -1.12. The maximum atomic E-state index is 11.2. The van der Waals surface area contributed by atoms with E-state index in [-0.39, 0.29) is 0 Å². The number of carboxylic acid groups (broad SMARTS) is 1. The van der Waals surface area contributed by atoms with Crippen LogP contribution in [0, 0.1) is 0 Å². The van der Waals surface area contributed by atoms with Crippen LogP contribution in [0.3, 0.4) is 0 Å². The summed E-state index contributed by atoms with van der Waals surface area (Å²) in [6.45, 7) is 0. The van der Waals surface area contributed by atoms with Crippen molar-refractivity contribution in [2.24, 2.45) is 0 Å². The van der Waals surface area contributed by atoms with Crippen LogP contribution in [0.5, 0.6) is 0 Å². The number of carbonyl (C=O) groups is 2. The lowest BCUT2D eigenvalue weighted by Gasteiger charge is -2.03. The molecule has 1 rings (SSSR count). The van der Waals surface area contributed by atoms with Crippen molar-refractivity contribution >= 4 is 33.6 Å². The number of aliphatic carboxylic acids is 1. The molecule has 0 aliphatic heterocycles. The summed E-state index contributed by atoms with van der Waals surface area (Å²) in [5, 5.41) is 13.1. The maximum absolute atomic E-state index is 11.2. The molecule has 0 aliphatic carbocycles. The van der Waals surface area contributed by atoms with Gasteiger partial charge in [0.2, 0.25) is 0 Å². The highest BCUT2D eigenvalue weighted by atomic mass is 79.9. The second-order valence-electron chi connectivity index (χ2n) is 2.78. The normalized spacial score (nSPS) is 10.1. The number of benzene rings is 1. The van der Waals surface area contributed by atoms with Gasteiger partial charge in [-0.05, 0) is 24.3 Å². The van der Waals surface area contributed by atoms with Crippen LogP contribution in [0.4, 0.5) is 10.5 Å². The lowest BCUT2D eigenvalue weighted by Crippen LogP contribution is -2.23. The molecule has 84 valence electrons. The number of halogens is 1. The fourth-order valence-electron chi connectivity index (χ4n) is 0.889. The van der Waals surface area contributed by atoms with Crippen molar-refractivity contribution in [1.29, 1.82) is 0 Å². The summed E-state index contributed by atoms with van der Waals surface area (Å²) in [6, 6.07) is 6.49. The quantitative estimate of drug-likeness (QED) is 0.745. The molecule has 0 unspecified atom stereocenters. The Balaban J connectivity index is 2.45. The van der Waals surface area contributed by atoms with Crippen molar-refractivity contribution in [1.82, 2.24) is 5.32 Å². The summed E-state index contributed by atoms with van der Waals surface area (Å²) in [5.41, 5.74) is 0.615. The van der Waals surface area contributed by atoms with Gasteiger partial charge in [0.05, 0.1) is 0 Å². The van der Waals surface area contributed by atoms with E-state index in [9.17, 15) is 9.59 Å². The third-order valence-electron chi connectivity index (χ3n) is 1.54. The Morgan fingerprint density at radius 1 is 1.25 bits per heavy atom. The molecule has 0 atom stereocenters. The average molecular weight is 285 g/mol. The molecule has 2 amide bonds. The first kappa shape index (κ1) is 12.3. The highest BCUT2D eigenvalue weighted by Gasteiger charge is 1.98. The second kappa shape index (κ2) is 5.92. The molecule has 0 radical (unpaired) electrons. The van der Waals surface area contributed by atoms with Gasteiger partial charge < -0.3 is 15.7 Å². The van der Waals surface area contributed by atoms with Crippen LogP contribution in [-0.4, -0.2) is 17.1 Å². The van der Waals surface area contributed by atoms with E-state index in [1.807, 2.05) is 0 Å². The lowest BCUT2D eigenvalue weighted by molar-refractivity contribution is -0.131. The average Bonchev–Trinajstić information content (AvgIpc) is 2.21. The predicted octanol–water partition coefficient (Wildman–Crippen LogP) is 2.17. The van der Waals surface area contributed by atoms with Crippen molar-refractivity contribution < 1.29 is 14.7 Å². The van der Waals surface area contributed by atoms with E-state index in [1.54, 1.807) is 24.3 Å². The number of urea groups is 1. The van der Waals surface area contributed by atoms with Gasteiger partial charge in [0.15, 0.2) is 0 Å². The summed E-state index contributed by atoms with van der Waals surface area (Å²) >= 11 is 3.26. The van der Waals surface area contributed by atoms with Gasteiger partial charge in [0, 0.05) is 22.4 Å². The fourth-order valence-corrected chi connectivity index (χ4v) is 1.15. The smallest absolute Gasteiger partial charge is 0.329 e. The van der Waals surface area contributed by atoms with E-state index in [4.69, 9.17) is 5.11 Å². The van der Waals surface area contributed by atoms with Gasteiger partial charge in [0.25, 0.3) is 0 Å². The lowest BCUT2D eigenvalue weighted by atomic mass is 10.3. The van der Waals surface area contributed by atoms with Crippen molar-refractivity contribution in [3.05, 3.63) is 41.0 Å². The minimum absolute atomic E-state index is 0.500. The molecule has 3 N–H and O–H groups in total. The standard InChI is InChI=1S/C10H9BrN2O3/c11-7-1-3-8(4-2-7)13-10(16)12-6-5-9(14)15/h1-6H,(H,14,15)(H2,12,13,16)/b6-5+. The van der Waals surface area contributed by atoms with Crippen LogP contribution < -0.4 is 10.6 Å². The zero-order valence-electron chi connectivity index (χ0n) is 8.11. The van der Waals surface area contributed by atoms with Gasteiger partial charge in [0.1, 0.15) is 0 Å². The summed E-state index contributed by atoms with van der Waals surface area (Å²) in [4.78, 5) is 21.3. The van der Waals surface area contributed by atoms with Crippen molar-refractivity contribution in [3.8, 4) is 0 Å². The molecule has 0 fully saturated rings. The molecule has 0 bridgehead atoms. The van der Waals surface area contributed by atoms with Crippen LogP contribution >= 0.6 is 15.9 Å². The van der Waals surface area contributed by atoms with Crippen LogP contribution in [0.1, 0.15) is 0 Å². The zero-order chi connectivity index (χ0) is 12.0. The maximum Gasteiger partial charge on any atom is 0.329 e.